The molecule has 2 aromatic rings. The van der Waals surface area contributed by atoms with Crippen molar-refractivity contribution in [3.05, 3.63) is 70.4 Å². The Hall–Kier alpha value is -3.65. The molecule has 0 fully saturated rings. The van der Waals surface area contributed by atoms with Crippen LogP contribution in [0.3, 0.4) is 0 Å². The highest BCUT2D eigenvalue weighted by Gasteiger charge is 2.39. The summed E-state index contributed by atoms with van der Waals surface area (Å²) in [4.78, 5) is 51.2. The third kappa shape index (κ3) is 5.63. The van der Waals surface area contributed by atoms with Gasteiger partial charge in [-0.3, -0.25) is 9.59 Å². The van der Waals surface area contributed by atoms with Gasteiger partial charge in [0.15, 0.2) is 0 Å². The molecule has 0 radical (unpaired) electrons. The van der Waals surface area contributed by atoms with Gasteiger partial charge in [-0.2, -0.15) is 0 Å². The van der Waals surface area contributed by atoms with E-state index in [1.54, 1.807) is 38.1 Å². The number of benzene rings is 2. The number of halogens is 1. The molecule has 0 atom stereocenters. The summed E-state index contributed by atoms with van der Waals surface area (Å²) in [5.41, 5.74) is 0.909. The van der Waals surface area contributed by atoms with Crippen LogP contribution in [0.4, 0.5) is 11.4 Å². The van der Waals surface area contributed by atoms with Crippen molar-refractivity contribution in [2.24, 2.45) is 0 Å². The quantitative estimate of drug-likeness (QED) is 0.314. The van der Waals surface area contributed by atoms with E-state index in [2.05, 4.69) is 5.32 Å². The first kappa shape index (κ1) is 25.0. The van der Waals surface area contributed by atoms with Gasteiger partial charge >= 0.3 is 11.9 Å². The van der Waals surface area contributed by atoms with Crippen LogP contribution in [0.5, 0.6) is 0 Å². The predicted octanol–water partition coefficient (Wildman–Crippen LogP) is 4.64. The molecule has 0 aromatic heterocycles. The molecule has 8 nitrogen and oxygen atoms in total. The van der Waals surface area contributed by atoms with E-state index in [9.17, 15) is 19.2 Å². The van der Waals surface area contributed by atoms with E-state index in [4.69, 9.17) is 21.1 Å². The SMILES string of the molecule is CCCCOC(=O)c1cccc(NC2=C(Cl)C(=O)N(c3cccc(C(=O)OC(C)C)c3)C2=O)c1. The van der Waals surface area contributed by atoms with Gasteiger partial charge in [-0.05, 0) is 56.7 Å². The number of rotatable bonds is 9. The van der Waals surface area contributed by atoms with Crippen molar-refractivity contribution in [3.8, 4) is 0 Å². The van der Waals surface area contributed by atoms with E-state index in [0.717, 1.165) is 17.7 Å². The highest BCUT2D eigenvalue weighted by Crippen LogP contribution is 2.31. The molecule has 0 saturated carbocycles. The second-order valence-corrected chi connectivity index (χ2v) is 8.21. The van der Waals surface area contributed by atoms with E-state index in [1.807, 2.05) is 6.92 Å². The van der Waals surface area contributed by atoms with Crippen LogP contribution in [0, 0.1) is 0 Å². The molecule has 34 heavy (non-hydrogen) atoms. The fourth-order valence-electron chi connectivity index (χ4n) is 3.16. The minimum atomic E-state index is -0.737. The van der Waals surface area contributed by atoms with Crippen LogP contribution >= 0.6 is 11.6 Å². The molecule has 0 saturated heterocycles. The highest BCUT2D eigenvalue weighted by atomic mass is 35.5. The summed E-state index contributed by atoms with van der Waals surface area (Å²) in [5, 5.41) is 2.52. The van der Waals surface area contributed by atoms with E-state index in [1.165, 1.54) is 24.3 Å². The third-order valence-electron chi connectivity index (χ3n) is 4.81. The van der Waals surface area contributed by atoms with Crippen molar-refractivity contribution in [1.82, 2.24) is 0 Å². The number of hydrogen-bond acceptors (Lipinski definition) is 7. The molecule has 178 valence electrons. The summed E-state index contributed by atoms with van der Waals surface area (Å²) in [5.74, 6) is -2.49. The molecule has 3 rings (SSSR count). The minimum absolute atomic E-state index is 0.140. The zero-order chi connectivity index (χ0) is 24.8. The van der Waals surface area contributed by atoms with Gasteiger partial charge in [-0.1, -0.05) is 37.1 Å². The van der Waals surface area contributed by atoms with Gasteiger partial charge in [0.25, 0.3) is 11.8 Å². The Bertz CT molecular complexity index is 1160. The largest absolute Gasteiger partial charge is 0.462 e. The molecular weight excluding hydrogens is 460 g/mol. The average molecular weight is 485 g/mol. The number of carbonyl (C=O) groups is 4. The molecule has 0 spiro atoms. The molecule has 1 heterocycles. The summed E-state index contributed by atoms with van der Waals surface area (Å²) in [6.07, 6.45) is 1.34. The van der Waals surface area contributed by atoms with Gasteiger partial charge in [-0.15, -0.1) is 0 Å². The van der Waals surface area contributed by atoms with Gasteiger partial charge in [0.05, 0.1) is 29.5 Å². The second kappa shape index (κ2) is 11.0. The molecule has 2 aromatic carbocycles. The van der Waals surface area contributed by atoms with Crippen LogP contribution in [0.2, 0.25) is 0 Å². The lowest BCUT2D eigenvalue weighted by atomic mass is 10.2. The number of nitrogens with zero attached hydrogens (tertiary/aromatic N) is 1. The minimum Gasteiger partial charge on any atom is -0.462 e. The number of unbranched alkanes of at least 4 members (excludes halogenated alkanes) is 1. The lowest BCUT2D eigenvalue weighted by Gasteiger charge is -2.16. The summed E-state index contributed by atoms with van der Waals surface area (Å²) < 4.78 is 10.4. The van der Waals surface area contributed by atoms with Crippen molar-refractivity contribution in [2.75, 3.05) is 16.8 Å². The van der Waals surface area contributed by atoms with Crippen molar-refractivity contribution >= 4 is 46.7 Å². The number of anilines is 2. The fraction of sp³-hybridized carbons (Fsp3) is 0.280. The Morgan fingerprint density at radius 2 is 1.68 bits per heavy atom. The molecular formula is C25H25ClN2O6. The lowest BCUT2D eigenvalue weighted by Crippen LogP contribution is -2.32. The zero-order valence-electron chi connectivity index (χ0n) is 19.1. The maximum atomic E-state index is 13.1. The Balaban J connectivity index is 1.80. The van der Waals surface area contributed by atoms with Crippen molar-refractivity contribution in [1.29, 1.82) is 0 Å². The number of carbonyl (C=O) groups excluding carboxylic acids is 4. The first-order valence-electron chi connectivity index (χ1n) is 10.9. The standard InChI is InChI=1S/C25H25ClN2O6/c1-4-5-12-33-24(31)16-8-6-10-18(13-16)27-21-20(26)22(29)28(23(21)30)19-11-7-9-17(14-19)25(32)34-15(2)3/h6-11,13-15,27H,4-5,12H2,1-3H3. The first-order chi connectivity index (χ1) is 16.2. The fourth-order valence-corrected chi connectivity index (χ4v) is 3.37. The van der Waals surface area contributed by atoms with Crippen LogP contribution in [-0.4, -0.2) is 36.5 Å². The van der Waals surface area contributed by atoms with Gasteiger partial charge in [-0.25, -0.2) is 14.5 Å². The smallest absolute Gasteiger partial charge is 0.338 e. The van der Waals surface area contributed by atoms with Gasteiger partial charge in [0.1, 0.15) is 10.7 Å². The third-order valence-corrected chi connectivity index (χ3v) is 5.16. The summed E-state index contributed by atoms with van der Waals surface area (Å²) >= 11 is 6.20. The van der Waals surface area contributed by atoms with Crippen LogP contribution in [0.1, 0.15) is 54.3 Å². The molecule has 0 unspecified atom stereocenters. The Kier molecular flexibility index (Phi) is 8.07. The maximum absolute atomic E-state index is 13.1. The average Bonchev–Trinajstić information content (AvgIpc) is 3.02. The van der Waals surface area contributed by atoms with Gasteiger partial charge in [0.2, 0.25) is 0 Å². The van der Waals surface area contributed by atoms with Crippen molar-refractivity contribution < 1.29 is 28.7 Å². The van der Waals surface area contributed by atoms with Crippen LogP contribution in [0.25, 0.3) is 0 Å². The van der Waals surface area contributed by atoms with E-state index in [0.29, 0.717) is 17.9 Å². The van der Waals surface area contributed by atoms with Crippen LogP contribution in [-0.2, 0) is 19.1 Å². The van der Waals surface area contributed by atoms with Crippen LogP contribution < -0.4 is 10.2 Å². The monoisotopic (exact) mass is 484 g/mol. The Labute approximate surface area is 202 Å². The summed E-state index contributed by atoms with van der Waals surface area (Å²) in [6, 6.07) is 12.3. The Morgan fingerprint density at radius 1 is 1.00 bits per heavy atom. The molecule has 0 bridgehead atoms. The molecule has 9 heteroatoms. The number of amides is 2. The topological polar surface area (TPSA) is 102 Å². The van der Waals surface area contributed by atoms with E-state index < -0.39 is 23.8 Å². The van der Waals surface area contributed by atoms with E-state index in [-0.39, 0.29) is 28.1 Å². The number of hydrogen-bond donors (Lipinski definition) is 1. The van der Waals surface area contributed by atoms with Gasteiger partial charge < -0.3 is 14.8 Å². The molecule has 1 N–H and O–H groups in total. The number of esters is 2. The number of nitrogens with one attached hydrogen (secondary N) is 1. The predicted molar refractivity (Wildman–Crippen MR) is 128 cm³/mol. The molecule has 1 aliphatic heterocycles. The summed E-state index contributed by atoms with van der Waals surface area (Å²) in [6.45, 7) is 5.75. The molecule has 1 aliphatic rings. The number of ether oxygens (including phenoxy) is 2. The first-order valence-corrected chi connectivity index (χ1v) is 11.2. The van der Waals surface area contributed by atoms with E-state index >= 15 is 0 Å². The van der Waals surface area contributed by atoms with Crippen LogP contribution in [0.15, 0.2) is 59.3 Å². The van der Waals surface area contributed by atoms with Gasteiger partial charge in [0, 0.05) is 5.69 Å². The summed E-state index contributed by atoms with van der Waals surface area (Å²) in [7, 11) is 0. The second-order valence-electron chi connectivity index (χ2n) is 7.83. The molecule has 2 amide bonds. The van der Waals surface area contributed by atoms with Crippen molar-refractivity contribution in [3.63, 3.8) is 0 Å². The highest BCUT2D eigenvalue weighted by molar-refractivity contribution is 6.53. The molecule has 0 aliphatic carbocycles. The number of imide groups is 1. The Morgan fingerprint density at radius 3 is 2.35 bits per heavy atom. The maximum Gasteiger partial charge on any atom is 0.338 e. The lowest BCUT2D eigenvalue weighted by molar-refractivity contribution is -0.120. The zero-order valence-corrected chi connectivity index (χ0v) is 19.8. The van der Waals surface area contributed by atoms with Crippen molar-refractivity contribution in [2.45, 2.75) is 39.7 Å². The normalized spacial score (nSPS) is 13.5.